The quantitative estimate of drug-likeness (QED) is 0.848. The van der Waals surface area contributed by atoms with Crippen molar-refractivity contribution in [1.82, 2.24) is 4.31 Å². The molecule has 0 bridgehead atoms. The van der Waals surface area contributed by atoms with Gasteiger partial charge in [-0.25, -0.2) is 8.42 Å². The second kappa shape index (κ2) is 5.23. The number of hydrogen-bond donors (Lipinski definition) is 1. The van der Waals surface area contributed by atoms with Crippen LogP contribution < -0.4 is 5.73 Å². The first-order chi connectivity index (χ1) is 8.01. The zero-order valence-corrected chi connectivity index (χ0v) is 12.2. The van der Waals surface area contributed by atoms with Crippen molar-refractivity contribution in [3.05, 3.63) is 17.0 Å². The molecule has 8 heteroatoms. The Bertz CT molecular complexity index is 517. The minimum absolute atomic E-state index is 0.241. The second-order valence-electron chi connectivity index (χ2n) is 3.50. The number of thiocarbonyl (C=S) groups is 1. The third-order valence-corrected chi connectivity index (χ3v) is 7.16. The number of hydrogen-bond acceptors (Lipinski definition) is 5. The normalized spacial score (nSPS) is 18.1. The third-order valence-electron chi connectivity index (χ3n) is 2.39. The smallest absolute Gasteiger partial charge is 0.252 e. The van der Waals surface area contributed by atoms with E-state index in [0.717, 1.165) is 22.8 Å². The highest BCUT2D eigenvalue weighted by molar-refractivity contribution is 7.99. The lowest BCUT2D eigenvalue weighted by molar-refractivity contribution is 0.445. The Morgan fingerprint density at radius 3 is 2.53 bits per heavy atom. The summed E-state index contributed by atoms with van der Waals surface area (Å²) in [5.41, 5.74) is 5.48. The van der Waals surface area contributed by atoms with E-state index >= 15 is 0 Å². The number of nitrogens with two attached hydrogens (primary N) is 1. The minimum atomic E-state index is -3.35. The van der Waals surface area contributed by atoms with Gasteiger partial charge in [-0.15, -0.1) is 11.3 Å². The first-order valence-electron chi connectivity index (χ1n) is 4.99. The van der Waals surface area contributed by atoms with Gasteiger partial charge in [0.05, 0.1) is 4.88 Å². The molecule has 17 heavy (non-hydrogen) atoms. The van der Waals surface area contributed by atoms with E-state index in [1.54, 1.807) is 23.9 Å². The molecule has 0 unspecified atom stereocenters. The summed E-state index contributed by atoms with van der Waals surface area (Å²) in [4.78, 5) is 0.885. The zero-order chi connectivity index (χ0) is 12.5. The molecule has 1 saturated heterocycles. The van der Waals surface area contributed by atoms with E-state index < -0.39 is 10.0 Å². The van der Waals surface area contributed by atoms with E-state index in [0.29, 0.717) is 22.2 Å². The van der Waals surface area contributed by atoms with Crippen LogP contribution in [0.25, 0.3) is 0 Å². The lowest BCUT2D eigenvalue weighted by Gasteiger charge is -2.24. The van der Waals surface area contributed by atoms with Crippen molar-refractivity contribution in [3.63, 3.8) is 0 Å². The summed E-state index contributed by atoms with van der Waals surface area (Å²) >= 11 is 7.75. The molecule has 2 heterocycles. The van der Waals surface area contributed by atoms with E-state index in [1.807, 2.05) is 0 Å². The van der Waals surface area contributed by atoms with Gasteiger partial charge >= 0.3 is 0 Å². The molecule has 0 amide bonds. The number of rotatable bonds is 3. The number of nitrogens with zero attached hydrogens (tertiary/aromatic N) is 1. The number of thiophene rings is 1. The van der Waals surface area contributed by atoms with E-state index in [9.17, 15) is 8.42 Å². The molecule has 0 radical (unpaired) electrons. The molecule has 1 aromatic heterocycles. The average Bonchev–Trinajstić information content (AvgIpc) is 2.80. The van der Waals surface area contributed by atoms with Crippen molar-refractivity contribution < 1.29 is 8.42 Å². The van der Waals surface area contributed by atoms with Gasteiger partial charge in [0.15, 0.2) is 0 Å². The highest BCUT2D eigenvalue weighted by Gasteiger charge is 2.27. The zero-order valence-electron chi connectivity index (χ0n) is 8.96. The summed E-state index contributed by atoms with van der Waals surface area (Å²) in [7, 11) is -3.35. The van der Waals surface area contributed by atoms with Crippen LogP contribution in [-0.2, 0) is 10.0 Å². The fourth-order valence-electron chi connectivity index (χ4n) is 1.51. The van der Waals surface area contributed by atoms with Crippen molar-refractivity contribution in [2.45, 2.75) is 4.21 Å². The van der Waals surface area contributed by atoms with Crippen molar-refractivity contribution in [2.75, 3.05) is 24.6 Å². The molecule has 1 aromatic rings. The third kappa shape index (κ3) is 2.82. The van der Waals surface area contributed by atoms with Gasteiger partial charge in [-0.2, -0.15) is 16.1 Å². The molecule has 0 aromatic carbocycles. The molecule has 1 aliphatic rings. The van der Waals surface area contributed by atoms with Crippen LogP contribution in [-0.4, -0.2) is 42.3 Å². The van der Waals surface area contributed by atoms with Crippen LogP contribution in [0, 0.1) is 0 Å². The lowest BCUT2D eigenvalue weighted by Crippen LogP contribution is -2.37. The summed E-state index contributed by atoms with van der Waals surface area (Å²) in [5.74, 6) is 1.71. The predicted molar refractivity (Wildman–Crippen MR) is 76.3 cm³/mol. The average molecular weight is 308 g/mol. The van der Waals surface area contributed by atoms with Gasteiger partial charge in [0.1, 0.15) is 9.20 Å². The molecule has 0 atom stereocenters. The Kier molecular flexibility index (Phi) is 4.09. The Morgan fingerprint density at radius 2 is 2.00 bits per heavy atom. The molecule has 2 N–H and O–H groups in total. The summed E-state index contributed by atoms with van der Waals surface area (Å²) in [5, 5.41) is 0. The molecule has 0 aliphatic carbocycles. The van der Waals surface area contributed by atoms with Crippen LogP contribution >= 0.6 is 35.3 Å². The highest BCUT2D eigenvalue weighted by atomic mass is 32.2. The molecule has 1 fully saturated rings. The predicted octanol–water partition coefficient (Wildman–Crippen LogP) is 1.12. The van der Waals surface area contributed by atoms with Gasteiger partial charge in [0.2, 0.25) is 0 Å². The van der Waals surface area contributed by atoms with Gasteiger partial charge in [-0.1, -0.05) is 12.2 Å². The second-order valence-corrected chi connectivity index (χ2v) is 8.41. The molecule has 0 saturated carbocycles. The molecule has 2 rings (SSSR count). The Hall–Kier alpha value is -0.150. The summed E-state index contributed by atoms with van der Waals surface area (Å²) in [6.45, 7) is 1.15. The van der Waals surface area contributed by atoms with Crippen LogP contribution in [0.15, 0.2) is 16.3 Å². The van der Waals surface area contributed by atoms with E-state index in [-0.39, 0.29) is 4.99 Å². The van der Waals surface area contributed by atoms with Crippen molar-refractivity contribution >= 4 is 50.3 Å². The van der Waals surface area contributed by atoms with Crippen molar-refractivity contribution in [3.8, 4) is 0 Å². The maximum Gasteiger partial charge on any atom is 0.252 e. The minimum Gasteiger partial charge on any atom is -0.389 e. The largest absolute Gasteiger partial charge is 0.389 e. The molecular weight excluding hydrogens is 296 g/mol. The number of sulfonamides is 1. The van der Waals surface area contributed by atoms with Crippen LogP contribution in [0.5, 0.6) is 0 Å². The van der Waals surface area contributed by atoms with Crippen LogP contribution in [0.1, 0.15) is 4.88 Å². The Labute approximate surface area is 114 Å². The first kappa shape index (κ1) is 13.3. The maximum absolute atomic E-state index is 12.3. The van der Waals surface area contributed by atoms with E-state index in [4.69, 9.17) is 18.0 Å². The topological polar surface area (TPSA) is 63.4 Å². The van der Waals surface area contributed by atoms with Crippen LogP contribution in [0.2, 0.25) is 0 Å². The van der Waals surface area contributed by atoms with Gasteiger partial charge in [0, 0.05) is 24.6 Å². The summed E-state index contributed by atoms with van der Waals surface area (Å²) in [6, 6.07) is 3.24. The Morgan fingerprint density at radius 1 is 1.35 bits per heavy atom. The highest BCUT2D eigenvalue weighted by Crippen LogP contribution is 2.26. The van der Waals surface area contributed by atoms with Crippen LogP contribution in [0.3, 0.4) is 0 Å². The summed E-state index contributed by atoms with van der Waals surface area (Å²) < 4.78 is 26.4. The SMILES string of the molecule is NC(=S)c1ccc(S(=O)(=O)N2CCSCC2)s1. The van der Waals surface area contributed by atoms with E-state index in [2.05, 4.69) is 0 Å². The Balaban J connectivity index is 2.27. The first-order valence-corrected chi connectivity index (χ1v) is 8.81. The monoisotopic (exact) mass is 308 g/mol. The van der Waals surface area contributed by atoms with Crippen LogP contribution in [0.4, 0.5) is 0 Å². The standard InChI is InChI=1S/C9H12N2O2S4/c10-9(14)7-1-2-8(16-7)17(12,13)11-3-5-15-6-4-11/h1-2H,3-6H2,(H2,10,14). The molecule has 4 nitrogen and oxygen atoms in total. The molecule has 1 aliphatic heterocycles. The van der Waals surface area contributed by atoms with E-state index in [1.165, 1.54) is 4.31 Å². The van der Waals surface area contributed by atoms with Gasteiger partial charge in [0.25, 0.3) is 10.0 Å². The number of thioether (sulfide) groups is 1. The van der Waals surface area contributed by atoms with Gasteiger partial charge in [-0.3, -0.25) is 0 Å². The summed E-state index contributed by atoms with van der Waals surface area (Å²) in [6.07, 6.45) is 0. The fraction of sp³-hybridized carbons (Fsp3) is 0.444. The molecule has 94 valence electrons. The molecular formula is C9H12N2O2S4. The lowest BCUT2D eigenvalue weighted by atomic mass is 10.5. The fourth-order valence-corrected chi connectivity index (χ4v) is 5.59. The maximum atomic E-state index is 12.3. The van der Waals surface area contributed by atoms with Gasteiger partial charge < -0.3 is 5.73 Å². The van der Waals surface area contributed by atoms with Gasteiger partial charge in [-0.05, 0) is 12.1 Å². The van der Waals surface area contributed by atoms with Crippen molar-refractivity contribution in [1.29, 1.82) is 0 Å². The molecule has 0 spiro atoms. The van der Waals surface area contributed by atoms with Crippen molar-refractivity contribution in [2.24, 2.45) is 5.73 Å².